The molecule has 8 nitrogen and oxygen atoms in total. The van der Waals surface area contributed by atoms with E-state index in [2.05, 4.69) is 65.3 Å². The number of hydrogen-bond acceptors (Lipinski definition) is 5. The smallest absolute Gasteiger partial charge is 0.410 e. The van der Waals surface area contributed by atoms with E-state index in [1.807, 2.05) is 31.5 Å². The summed E-state index contributed by atoms with van der Waals surface area (Å²) < 4.78 is 7.36. The summed E-state index contributed by atoms with van der Waals surface area (Å²) in [5.41, 5.74) is 8.08. The first-order valence-electron chi connectivity index (χ1n) is 12.1. The van der Waals surface area contributed by atoms with E-state index >= 15 is 0 Å². The molecule has 0 atom stereocenters. The van der Waals surface area contributed by atoms with Crippen LogP contribution in [0.25, 0.3) is 33.3 Å². The Bertz CT molecular complexity index is 1450. The number of amides is 1. The number of carbonyl (C=O) groups is 1. The summed E-state index contributed by atoms with van der Waals surface area (Å²) in [5, 5.41) is 13.4. The van der Waals surface area contributed by atoms with Crippen LogP contribution in [0.1, 0.15) is 63.8 Å². The quantitative estimate of drug-likeness (QED) is 0.411. The molecule has 1 amide bonds. The van der Waals surface area contributed by atoms with E-state index in [9.17, 15) is 4.79 Å². The monoisotopic (exact) mass is 472 g/mol. The number of nitrogens with one attached hydrogen (secondary N) is 1. The van der Waals surface area contributed by atoms with Crippen LogP contribution in [-0.4, -0.2) is 54.5 Å². The van der Waals surface area contributed by atoms with Crippen molar-refractivity contribution in [2.24, 2.45) is 0 Å². The minimum atomic E-state index is -0.499. The Morgan fingerprint density at radius 1 is 1.20 bits per heavy atom. The minimum Gasteiger partial charge on any atom is -0.444 e. The Balaban J connectivity index is 1.51. The van der Waals surface area contributed by atoms with Gasteiger partial charge in [-0.3, -0.25) is 5.10 Å². The van der Waals surface area contributed by atoms with Crippen molar-refractivity contribution in [1.82, 2.24) is 29.7 Å². The van der Waals surface area contributed by atoms with Gasteiger partial charge in [0.05, 0.1) is 11.2 Å². The highest BCUT2D eigenvalue weighted by molar-refractivity contribution is 5.94. The van der Waals surface area contributed by atoms with Crippen molar-refractivity contribution >= 4 is 28.2 Å². The molecule has 0 fully saturated rings. The number of ether oxygens (including phenoxy) is 1. The predicted octanol–water partition coefficient (Wildman–Crippen LogP) is 5.73. The number of nitrogens with zero attached hydrogens (tertiary/aromatic N) is 5. The Labute approximate surface area is 205 Å². The van der Waals surface area contributed by atoms with E-state index < -0.39 is 5.60 Å². The number of aromatic amines is 1. The van der Waals surface area contributed by atoms with Crippen molar-refractivity contribution in [3.63, 3.8) is 0 Å². The summed E-state index contributed by atoms with van der Waals surface area (Å²) in [4.78, 5) is 18.5. The molecular weight excluding hydrogens is 440 g/mol. The third-order valence-corrected chi connectivity index (χ3v) is 6.39. The van der Waals surface area contributed by atoms with Crippen LogP contribution >= 0.6 is 0 Å². The lowest BCUT2D eigenvalue weighted by atomic mass is 9.90. The highest BCUT2D eigenvalue weighted by Gasteiger charge is 2.25. The number of H-pyrrole nitrogens is 1. The summed E-state index contributed by atoms with van der Waals surface area (Å²) in [7, 11) is 0. The molecule has 1 aliphatic heterocycles. The topological polar surface area (TPSA) is 88.4 Å². The molecule has 0 radical (unpaired) electrons. The fraction of sp³-hybridized carbons (Fsp3) is 0.407. The van der Waals surface area contributed by atoms with Gasteiger partial charge in [-0.2, -0.15) is 10.2 Å². The van der Waals surface area contributed by atoms with Crippen LogP contribution < -0.4 is 0 Å². The van der Waals surface area contributed by atoms with E-state index in [1.54, 1.807) is 11.2 Å². The number of benzene rings is 1. The molecule has 35 heavy (non-hydrogen) atoms. The summed E-state index contributed by atoms with van der Waals surface area (Å²) >= 11 is 0. The Hall–Kier alpha value is -3.68. The Morgan fingerprint density at radius 2 is 2.00 bits per heavy atom. The number of fused-ring (bicyclic) bond motifs is 2. The molecule has 1 aliphatic rings. The molecule has 4 heterocycles. The van der Waals surface area contributed by atoms with Crippen LogP contribution in [-0.2, 0) is 4.74 Å². The van der Waals surface area contributed by atoms with Crippen molar-refractivity contribution in [2.75, 3.05) is 13.1 Å². The minimum absolute atomic E-state index is 0.272. The zero-order valence-corrected chi connectivity index (χ0v) is 21.2. The van der Waals surface area contributed by atoms with E-state index in [1.165, 1.54) is 5.56 Å². The summed E-state index contributed by atoms with van der Waals surface area (Å²) in [6.07, 6.45) is 6.18. The van der Waals surface area contributed by atoms with E-state index in [4.69, 9.17) is 4.74 Å². The van der Waals surface area contributed by atoms with Crippen molar-refractivity contribution in [1.29, 1.82) is 0 Å². The van der Waals surface area contributed by atoms with Gasteiger partial charge in [0.15, 0.2) is 5.65 Å². The predicted molar refractivity (Wildman–Crippen MR) is 137 cm³/mol. The van der Waals surface area contributed by atoms with Gasteiger partial charge in [-0.1, -0.05) is 19.9 Å². The molecule has 0 saturated heterocycles. The van der Waals surface area contributed by atoms with Gasteiger partial charge in [-0.05, 0) is 80.5 Å². The maximum absolute atomic E-state index is 12.4. The van der Waals surface area contributed by atoms with Crippen LogP contribution in [0.15, 0.2) is 36.8 Å². The molecular formula is C27H32N6O2. The van der Waals surface area contributed by atoms with Gasteiger partial charge in [0.25, 0.3) is 0 Å². The Morgan fingerprint density at radius 3 is 2.69 bits per heavy atom. The van der Waals surface area contributed by atoms with Crippen LogP contribution in [0.5, 0.6) is 0 Å². The van der Waals surface area contributed by atoms with E-state index in [0.717, 1.165) is 50.9 Å². The molecule has 0 aliphatic carbocycles. The number of aromatic nitrogens is 5. The van der Waals surface area contributed by atoms with E-state index in [0.29, 0.717) is 19.0 Å². The van der Waals surface area contributed by atoms with E-state index in [-0.39, 0.29) is 6.09 Å². The second-order valence-corrected chi connectivity index (χ2v) is 10.6. The van der Waals surface area contributed by atoms with Gasteiger partial charge in [0.2, 0.25) is 0 Å². The third-order valence-electron chi connectivity index (χ3n) is 6.39. The molecule has 182 valence electrons. The van der Waals surface area contributed by atoms with Crippen molar-refractivity contribution in [3.05, 3.63) is 53.6 Å². The molecule has 4 aromatic rings. The summed E-state index contributed by atoms with van der Waals surface area (Å²) in [5.74, 6) is 0.326. The van der Waals surface area contributed by atoms with Gasteiger partial charge in [-0.15, -0.1) is 0 Å². The zero-order chi connectivity index (χ0) is 24.9. The van der Waals surface area contributed by atoms with Crippen LogP contribution in [0.3, 0.4) is 0 Å². The largest absolute Gasteiger partial charge is 0.444 e. The first-order chi connectivity index (χ1) is 16.6. The number of pyridine rings is 1. The first-order valence-corrected chi connectivity index (χ1v) is 12.1. The maximum atomic E-state index is 12.4. The SMILES string of the molecule is Cc1cc(-c2cc3[nH]nc(C4=CCN(C(=O)OC(C)(C)C)CC4)c3cc2C(C)C)cn2ncnc12. The molecule has 0 saturated carbocycles. The molecule has 8 heteroatoms. The van der Waals surface area contributed by atoms with Crippen LogP contribution in [0.2, 0.25) is 0 Å². The molecule has 5 rings (SSSR count). The fourth-order valence-electron chi connectivity index (χ4n) is 4.67. The lowest BCUT2D eigenvalue weighted by Gasteiger charge is -2.29. The molecule has 0 bridgehead atoms. The highest BCUT2D eigenvalue weighted by atomic mass is 16.6. The van der Waals surface area contributed by atoms with Crippen molar-refractivity contribution in [2.45, 2.75) is 59.5 Å². The molecule has 0 spiro atoms. The number of carbonyl (C=O) groups excluding carboxylic acids is 1. The summed E-state index contributed by atoms with van der Waals surface area (Å²) in [6.45, 7) is 13.3. The lowest BCUT2D eigenvalue weighted by molar-refractivity contribution is 0.0270. The highest BCUT2D eigenvalue weighted by Crippen LogP contribution is 2.36. The average molecular weight is 473 g/mol. The number of aryl methyl sites for hydroxylation is 1. The fourth-order valence-corrected chi connectivity index (χ4v) is 4.67. The first kappa shape index (κ1) is 23.1. The second-order valence-electron chi connectivity index (χ2n) is 10.6. The average Bonchev–Trinajstić information content (AvgIpc) is 3.44. The van der Waals surface area contributed by atoms with Crippen molar-refractivity contribution < 1.29 is 9.53 Å². The van der Waals surface area contributed by atoms with Crippen LogP contribution in [0, 0.1) is 6.92 Å². The second kappa shape index (κ2) is 8.52. The lowest BCUT2D eigenvalue weighted by Crippen LogP contribution is -2.39. The Kier molecular flexibility index (Phi) is 5.62. The molecule has 0 unspecified atom stereocenters. The zero-order valence-electron chi connectivity index (χ0n) is 21.2. The van der Waals surface area contributed by atoms with Gasteiger partial charge < -0.3 is 9.64 Å². The van der Waals surface area contributed by atoms with Gasteiger partial charge in [0, 0.05) is 30.2 Å². The summed E-state index contributed by atoms with van der Waals surface area (Å²) in [6, 6.07) is 6.62. The maximum Gasteiger partial charge on any atom is 0.410 e. The molecule has 1 aromatic carbocycles. The number of rotatable bonds is 3. The van der Waals surface area contributed by atoms with Gasteiger partial charge >= 0.3 is 6.09 Å². The molecule has 1 N–H and O–H groups in total. The normalized spacial score (nSPS) is 14.7. The number of hydrogen-bond donors (Lipinski definition) is 1. The third kappa shape index (κ3) is 4.40. The van der Waals surface area contributed by atoms with Crippen molar-refractivity contribution in [3.8, 4) is 11.1 Å². The van der Waals surface area contributed by atoms with Gasteiger partial charge in [0.1, 0.15) is 11.9 Å². The molecule has 3 aromatic heterocycles. The standard InChI is InChI=1S/C27H32N6O2/c1-16(2)20-12-22-23(13-21(20)19-11-17(3)25-28-15-29-33(25)14-19)30-31-24(22)18-7-9-32(10-8-18)26(34)35-27(4,5)6/h7,11-16H,8-10H2,1-6H3,(H,30,31). The van der Waals surface area contributed by atoms with Gasteiger partial charge in [-0.25, -0.2) is 14.3 Å². The van der Waals surface area contributed by atoms with Crippen LogP contribution in [0.4, 0.5) is 4.79 Å².